The lowest BCUT2D eigenvalue weighted by Crippen LogP contribution is -2.54. The minimum atomic E-state index is -0.420. The highest BCUT2D eigenvalue weighted by Gasteiger charge is 2.26. The monoisotopic (exact) mass is 371 g/mol. The van der Waals surface area contributed by atoms with E-state index in [2.05, 4.69) is 10.6 Å². The number of amides is 2. The van der Waals surface area contributed by atoms with Crippen LogP contribution in [0.15, 0.2) is 30.3 Å². The Morgan fingerprint density at radius 2 is 1.92 bits per heavy atom. The summed E-state index contributed by atoms with van der Waals surface area (Å²) in [4.78, 5) is 26.8. The van der Waals surface area contributed by atoms with Crippen molar-refractivity contribution in [3.63, 3.8) is 0 Å². The van der Waals surface area contributed by atoms with Crippen LogP contribution in [-0.4, -0.2) is 60.9 Å². The topological polar surface area (TPSA) is 61.4 Å². The fourth-order valence-electron chi connectivity index (χ4n) is 2.63. The van der Waals surface area contributed by atoms with Gasteiger partial charge in [0.15, 0.2) is 0 Å². The van der Waals surface area contributed by atoms with E-state index in [1.54, 1.807) is 11.8 Å². The zero-order valence-electron chi connectivity index (χ0n) is 14.0. The van der Waals surface area contributed by atoms with Crippen LogP contribution in [0.2, 0.25) is 0 Å². The summed E-state index contributed by atoms with van der Waals surface area (Å²) in [5.41, 5.74) is 0.961. The summed E-state index contributed by atoms with van der Waals surface area (Å²) in [6.45, 7) is 3.06. The van der Waals surface area contributed by atoms with Gasteiger partial charge in [-0.25, -0.2) is 0 Å². The van der Waals surface area contributed by atoms with Gasteiger partial charge in [-0.3, -0.25) is 9.59 Å². The van der Waals surface area contributed by atoms with Crippen molar-refractivity contribution >= 4 is 36.0 Å². The molecule has 0 aromatic heterocycles. The Morgan fingerprint density at radius 3 is 2.54 bits per heavy atom. The third kappa shape index (κ3) is 6.71. The van der Waals surface area contributed by atoms with Crippen LogP contribution in [0.3, 0.4) is 0 Å². The summed E-state index contributed by atoms with van der Waals surface area (Å²) >= 11 is 1.69. The average molecular weight is 372 g/mol. The van der Waals surface area contributed by atoms with Crippen molar-refractivity contribution in [2.24, 2.45) is 0 Å². The van der Waals surface area contributed by atoms with Gasteiger partial charge in [-0.05, 0) is 24.0 Å². The van der Waals surface area contributed by atoms with E-state index in [1.165, 1.54) is 0 Å². The molecule has 5 nitrogen and oxygen atoms in total. The highest BCUT2D eigenvalue weighted by molar-refractivity contribution is 7.98. The molecule has 1 unspecified atom stereocenters. The molecule has 0 saturated carbocycles. The summed E-state index contributed by atoms with van der Waals surface area (Å²) < 4.78 is 0. The van der Waals surface area contributed by atoms with Gasteiger partial charge in [-0.2, -0.15) is 11.8 Å². The third-order valence-electron chi connectivity index (χ3n) is 3.88. The van der Waals surface area contributed by atoms with Gasteiger partial charge in [0.2, 0.25) is 11.8 Å². The number of benzene rings is 1. The van der Waals surface area contributed by atoms with Crippen LogP contribution in [0.4, 0.5) is 0 Å². The van der Waals surface area contributed by atoms with Crippen LogP contribution < -0.4 is 10.6 Å². The van der Waals surface area contributed by atoms with Crippen molar-refractivity contribution < 1.29 is 9.59 Å². The van der Waals surface area contributed by atoms with Crippen molar-refractivity contribution in [3.8, 4) is 0 Å². The number of rotatable bonds is 7. The predicted molar refractivity (Wildman–Crippen MR) is 102 cm³/mol. The van der Waals surface area contributed by atoms with Crippen molar-refractivity contribution in [2.75, 3.05) is 38.2 Å². The second-order valence-corrected chi connectivity index (χ2v) is 6.62. The van der Waals surface area contributed by atoms with E-state index in [9.17, 15) is 9.59 Å². The highest BCUT2D eigenvalue weighted by Crippen LogP contribution is 2.07. The zero-order valence-corrected chi connectivity index (χ0v) is 15.6. The van der Waals surface area contributed by atoms with Gasteiger partial charge in [-0.15, -0.1) is 12.4 Å². The van der Waals surface area contributed by atoms with Gasteiger partial charge in [0.1, 0.15) is 6.04 Å². The number of piperazine rings is 1. The molecule has 2 N–H and O–H groups in total. The molecule has 2 amide bonds. The number of halogens is 1. The SMILES string of the molecule is CSCCC(NC(=O)Cc1ccccc1)C(=O)N1CCNCC1.Cl. The number of nitrogens with zero attached hydrogens (tertiary/aromatic N) is 1. The fourth-order valence-corrected chi connectivity index (χ4v) is 3.10. The van der Waals surface area contributed by atoms with Crippen LogP contribution in [-0.2, 0) is 16.0 Å². The number of carbonyl (C=O) groups is 2. The molecule has 0 radical (unpaired) electrons. The molecule has 1 aliphatic rings. The van der Waals surface area contributed by atoms with Crippen molar-refractivity contribution in [1.82, 2.24) is 15.5 Å². The van der Waals surface area contributed by atoms with E-state index in [4.69, 9.17) is 0 Å². The van der Waals surface area contributed by atoms with E-state index >= 15 is 0 Å². The molecular weight excluding hydrogens is 346 g/mol. The lowest BCUT2D eigenvalue weighted by Gasteiger charge is -2.31. The largest absolute Gasteiger partial charge is 0.344 e. The van der Waals surface area contributed by atoms with E-state index < -0.39 is 6.04 Å². The summed E-state index contributed by atoms with van der Waals surface area (Å²) in [5, 5.41) is 6.17. The molecule has 0 spiro atoms. The quantitative estimate of drug-likeness (QED) is 0.759. The number of hydrogen-bond donors (Lipinski definition) is 2. The molecule has 1 aliphatic heterocycles. The maximum atomic E-state index is 12.7. The van der Waals surface area contributed by atoms with Gasteiger partial charge in [0.05, 0.1) is 6.42 Å². The van der Waals surface area contributed by atoms with E-state index in [1.807, 2.05) is 41.5 Å². The minimum Gasteiger partial charge on any atom is -0.344 e. The second kappa shape index (κ2) is 11.3. The molecule has 2 rings (SSSR count). The maximum Gasteiger partial charge on any atom is 0.245 e. The fraction of sp³-hybridized carbons (Fsp3) is 0.529. The van der Waals surface area contributed by atoms with Gasteiger partial charge in [-0.1, -0.05) is 30.3 Å². The predicted octanol–water partition coefficient (Wildman–Crippen LogP) is 1.32. The van der Waals surface area contributed by atoms with Crippen LogP contribution in [0.1, 0.15) is 12.0 Å². The number of hydrogen-bond acceptors (Lipinski definition) is 4. The Balaban J connectivity index is 0.00000288. The van der Waals surface area contributed by atoms with Crippen LogP contribution in [0.25, 0.3) is 0 Å². The Hall–Kier alpha value is -1.24. The lowest BCUT2D eigenvalue weighted by atomic mass is 10.1. The van der Waals surface area contributed by atoms with Gasteiger partial charge >= 0.3 is 0 Å². The molecule has 0 bridgehead atoms. The van der Waals surface area contributed by atoms with Gasteiger partial charge in [0, 0.05) is 26.2 Å². The lowest BCUT2D eigenvalue weighted by molar-refractivity contribution is -0.136. The zero-order chi connectivity index (χ0) is 16.5. The molecule has 1 heterocycles. The number of thioether (sulfide) groups is 1. The van der Waals surface area contributed by atoms with Crippen molar-refractivity contribution in [1.29, 1.82) is 0 Å². The molecule has 7 heteroatoms. The molecular formula is C17H26ClN3O2S. The molecule has 1 aromatic carbocycles. The number of nitrogens with one attached hydrogen (secondary N) is 2. The Bertz CT molecular complexity index is 510. The van der Waals surface area contributed by atoms with E-state index in [0.29, 0.717) is 25.9 Å². The summed E-state index contributed by atoms with van der Waals surface area (Å²) in [5.74, 6) is 0.807. The van der Waals surface area contributed by atoms with Gasteiger partial charge in [0.25, 0.3) is 0 Å². The number of carbonyl (C=O) groups excluding carboxylic acids is 2. The summed E-state index contributed by atoms with van der Waals surface area (Å²) in [6.07, 6.45) is 2.99. The van der Waals surface area contributed by atoms with Gasteiger partial charge < -0.3 is 15.5 Å². The first-order valence-corrected chi connectivity index (χ1v) is 9.42. The average Bonchev–Trinajstić information content (AvgIpc) is 2.59. The molecule has 1 saturated heterocycles. The molecule has 0 aliphatic carbocycles. The first-order chi connectivity index (χ1) is 11.2. The van der Waals surface area contributed by atoms with E-state index in [-0.39, 0.29) is 24.2 Å². The summed E-state index contributed by atoms with van der Waals surface area (Å²) in [7, 11) is 0. The third-order valence-corrected chi connectivity index (χ3v) is 4.52. The molecule has 24 heavy (non-hydrogen) atoms. The first-order valence-electron chi connectivity index (χ1n) is 8.02. The maximum absolute atomic E-state index is 12.7. The van der Waals surface area contributed by atoms with Crippen molar-refractivity contribution in [2.45, 2.75) is 18.9 Å². The Morgan fingerprint density at radius 1 is 1.25 bits per heavy atom. The Kier molecular flexibility index (Phi) is 9.83. The van der Waals surface area contributed by atoms with Crippen molar-refractivity contribution in [3.05, 3.63) is 35.9 Å². The standard InChI is InChI=1S/C17H25N3O2S.ClH/c1-23-12-7-15(17(22)20-10-8-18-9-11-20)19-16(21)13-14-5-3-2-4-6-14;/h2-6,15,18H,7-13H2,1H3,(H,19,21);1H. The first kappa shape index (κ1) is 20.8. The molecule has 1 aromatic rings. The smallest absolute Gasteiger partial charge is 0.245 e. The highest BCUT2D eigenvalue weighted by atomic mass is 35.5. The van der Waals surface area contributed by atoms with Crippen LogP contribution in [0, 0.1) is 0 Å². The molecule has 134 valence electrons. The van der Waals surface area contributed by atoms with Crippen LogP contribution in [0.5, 0.6) is 0 Å². The normalized spacial score (nSPS) is 15.3. The van der Waals surface area contributed by atoms with E-state index in [0.717, 1.165) is 24.4 Å². The summed E-state index contributed by atoms with van der Waals surface area (Å²) in [6, 6.07) is 9.19. The molecule has 1 fully saturated rings. The second-order valence-electron chi connectivity index (χ2n) is 5.64. The van der Waals surface area contributed by atoms with Crippen LogP contribution >= 0.6 is 24.2 Å². The Labute approximate surface area is 154 Å². The minimum absolute atomic E-state index is 0. The molecule has 1 atom stereocenters.